The van der Waals surface area contributed by atoms with Crippen LogP contribution in [0.3, 0.4) is 0 Å². The van der Waals surface area contributed by atoms with Gasteiger partial charge in [0, 0.05) is 17.1 Å². The van der Waals surface area contributed by atoms with E-state index in [4.69, 9.17) is 16.3 Å². The van der Waals surface area contributed by atoms with Crippen molar-refractivity contribution in [2.75, 3.05) is 19.0 Å². The number of aromatic amines is 1. The fourth-order valence-corrected chi connectivity index (χ4v) is 3.50. The zero-order chi connectivity index (χ0) is 23.8. The molecule has 0 aliphatic carbocycles. The number of anilines is 1. The van der Waals surface area contributed by atoms with Gasteiger partial charge in [0.2, 0.25) is 11.2 Å². The highest BCUT2D eigenvalue weighted by Gasteiger charge is 2.59. The Bertz CT molecular complexity index is 1220. The van der Waals surface area contributed by atoms with E-state index < -0.39 is 52.2 Å². The van der Waals surface area contributed by atoms with Gasteiger partial charge in [0.05, 0.1) is 30.3 Å². The molecule has 0 saturated carbocycles. The Hall–Kier alpha value is -2.89. The molecule has 0 fully saturated rings. The molecular weight excluding hydrogens is 463 g/mol. The Morgan fingerprint density at radius 1 is 1.19 bits per heavy atom. The van der Waals surface area contributed by atoms with Crippen LogP contribution >= 0.6 is 11.6 Å². The molecule has 0 spiro atoms. The lowest BCUT2D eigenvalue weighted by Crippen LogP contribution is -2.55. The van der Waals surface area contributed by atoms with Gasteiger partial charge < -0.3 is 25.3 Å². The van der Waals surface area contributed by atoms with Gasteiger partial charge in [-0.1, -0.05) is 17.7 Å². The van der Waals surface area contributed by atoms with Crippen molar-refractivity contribution < 1.29 is 36.9 Å². The fraction of sp³-hybridized carbons (Fsp3) is 0.250. The van der Waals surface area contributed by atoms with Crippen LogP contribution in [0.2, 0.25) is 5.02 Å². The van der Waals surface area contributed by atoms with E-state index in [2.05, 4.69) is 10.3 Å². The number of aliphatic hydroxyl groups excluding tert-OH is 1. The number of hydrogen-bond donors (Lipinski definition) is 4. The van der Waals surface area contributed by atoms with Gasteiger partial charge in [-0.15, -0.1) is 0 Å². The smallest absolute Gasteiger partial charge is 0.421 e. The zero-order valence-electron chi connectivity index (χ0n) is 16.2. The quantitative estimate of drug-likeness (QED) is 0.403. The maximum absolute atomic E-state index is 14.5. The molecule has 32 heavy (non-hydrogen) atoms. The van der Waals surface area contributed by atoms with Crippen LogP contribution in [0, 0.1) is 11.6 Å². The molecule has 12 heteroatoms. The summed E-state index contributed by atoms with van der Waals surface area (Å²) in [5, 5.41) is 21.6. The second-order valence-corrected chi connectivity index (χ2v) is 7.26. The molecule has 0 aliphatic rings. The molecule has 0 amide bonds. The van der Waals surface area contributed by atoms with E-state index in [0.29, 0.717) is 0 Å². The first-order chi connectivity index (χ1) is 14.9. The molecule has 0 saturated heterocycles. The van der Waals surface area contributed by atoms with Crippen LogP contribution in [0.5, 0.6) is 5.75 Å². The molecular formula is C20H16ClF5N2O4. The normalized spacial score (nSPS) is 14.8. The van der Waals surface area contributed by atoms with Gasteiger partial charge in [0.1, 0.15) is 5.82 Å². The number of halogens is 6. The number of methoxy groups -OCH3 is 1. The van der Waals surface area contributed by atoms with Crippen LogP contribution in [0.4, 0.5) is 27.6 Å². The minimum Gasteiger partial charge on any atom is -0.494 e. The van der Waals surface area contributed by atoms with Crippen LogP contribution in [-0.2, 0) is 0 Å². The molecule has 0 aliphatic heterocycles. The molecule has 172 valence electrons. The summed E-state index contributed by atoms with van der Waals surface area (Å²) in [6, 6.07) is 3.70. The van der Waals surface area contributed by atoms with E-state index in [1.807, 2.05) is 0 Å². The molecule has 3 aromatic rings. The standard InChI is InChI=1S/C20H16ClF5N2O4/c1-32-14-4-2-11(16(21)17(14)23)18(19(31,8-29)20(24,25)26)28-13-7-9(22)6-12-10(13)3-5-15(30)27-12/h2-7,18,28-29,31H,8H2,1H3,(H,27,30). The largest absolute Gasteiger partial charge is 0.494 e. The molecule has 3 rings (SSSR count). The molecule has 1 heterocycles. The van der Waals surface area contributed by atoms with Crippen molar-refractivity contribution in [2.45, 2.75) is 17.8 Å². The van der Waals surface area contributed by atoms with Gasteiger partial charge in [-0.2, -0.15) is 13.2 Å². The number of alkyl halides is 3. The van der Waals surface area contributed by atoms with Crippen molar-refractivity contribution in [3.8, 4) is 5.75 Å². The summed E-state index contributed by atoms with van der Waals surface area (Å²) >= 11 is 5.94. The van der Waals surface area contributed by atoms with Crippen LogP contribution in [0.15, 0.2) is 41.2 Å². The second-order valence-electron chi connectivity index (χ2n) is 6.88. The summed E-state index contributed by atoms with van der Waals surface area (Å²) in [6.45, 7) is -1.83. The van der Waals surface area contributed by atoms with E-state index >= 15 is 0 Å². The minimum absolute atomic E-state index is 0.0506. The number of benzene rings is 2. The predicted octanol–water partition coefficient (Wildman–Crippen LogP) is 3.91. The van der Waals surface area contributed by atoms with Gasteiger partial charge in [0.15, 0.2) is 11.6 Å². The topological polar surface area (TPSA) is 94.6 Å². The van der Waals surface area contributed by atoms with Crippen molar-refractivity contribution >= 4 is 28.2 Å². The number of aliphatic hydroxyl groups is 2. The number of aromatic nitrogens is 1. The highest BCUT2D eigenvalue weighted by molar-refractivity contribution is 6.31. The van der Waals surface area contributed by atoms with Crippen LogP contribution in [0.1, 0.15) is 11.6 Å². The Kier molecular flexibility index (Phi) is 6.36. The Balaban J connectivity index is 2.27. The van der Waals surface area contributed by atoms with Crippen molar-refractivity contribution in [3.05, 3.63) is 69.0 Å². The fourth-order valence-electron chi connectivity index (χ4n) is 3.24. The lowest BCUT2D eigenvalue weighted by atomic mass is 9.87. The minimum atomic E-state index is -5.42. The second kappa shape index (κ2) is 8.57. The predicted molar refractivity (Wildman–Crippen MR) is 107 cm³/mol. The van der Waals surface area contributed by atoms with Crippen molar-refractivity contribution in [1.29, 1.82) is 0 Å². The van der Waals surface area contributed by atoms with Crippen molar-refractivity contribution in [1.82, 2.24) is 4.98 Å². The Morgan fingerprint density at radius 3 is 2.47 bits per heavy atom. The monoisotopic (exact) mass is 478 g/mol. The van der Waals surface area contributed by atoms with Gasteiger partial charge in [-0.05, 0) is 29.8 Å². The molecule has 0 bridgehead atoms. The number of fused-ring (bicyclic) bond motifs is 1. The van der Waals surface area contributed by atoms with Crippen molar-refractivity contribution in [2.24, 2.45) is 0 Å². The molecule has 1 aromatic heterocycles. The van der Waals surface area contributed by atoms with E-state index in [1.54, 1.807) is 0 Å². The van der Waals surface area contributed by atoms with Crippen molar-refractivity contribution in [3.63, 3.8) is 0 Å². The average molecular weight is 479 g/mol. The number of hydrogen-bond acceptors (Lipinski definition) is 5. The summed E-state index contributed by atoms with van der Waals surface area (Å²) in [6.07, 6.45) is -5.42. The lowest BCUT2D eigenvalue weighted by molar-refractivity contribution is -0.277. The third-order valence-electron chi connectivity index (χ3n) is 4.92. The van der Waals surface area contributed by atoms with Gasteiger partial charge >= 0.3 is 6.18 Å². The highest BCUT2D eigenvalue weighted by atomic mass is 35.5. The van der Waals surface area contributed by atoms with Gasteiger partial charge in [-0.25, -0.2) is 8.78 Å². The van der Waals surface area contributed by atoms with Gasteiger partial charge in [-0.3, -0.25) is 4.79 Å². The Morgan fingerprint density at radius 2 is 1.88 bits per heavy atom. The van der Waals surface area contributed by atoms with E-state index in [1.165, 1.54) is 6.07 Å². The first-order valence-electron chi connectivity index (χ1n) is 8.94. The highest BCUT2D eigenvalue weighted by Crippen LogP contribution is 2.45. The third kappa shape index (κ3) is 4.10. The maximum Gasteiger partial charge on any atom is 0.421 e. The zero-order valence-corrected chi connectivity index (χ0v) is 17.0. The molecule has 4 N–H and O–H groups in total. The number of H-pyrrole nitrogens is 1. The lowest BCUT2D eigenvalue weighted by Gasteiger charge is -2.38. The van der Waals surface area contributed by atoms with Crippen LogP contribution in [-0.4, -0.2) is 40.7 Å². The summed E-state index contributed by atoms with van der Waals surface area (Å²) in [5.74, 6) is -2.49. The van der Waals surface area contributed by atoms with Gasteiger partial charge in [0.25, 0.3) is 0 Å². The number of nitrogens with one attached hydrogen (secondary N) is 2. The molecule has 6 nitrogen and oxygen atoms in total. The molecule has 2 aromatic carbocycles. The van der Waals surface area contributed by atoms with E-state index in [-0.39, 0.29) is 22.3 Å². The molecule has 2 atom stereocenters. The van der Waals surface area contributed by atoms with Crippen LogP contribution < -0.4 is 15.6 Å². The maximum atomic E-state index is 14.5. The first kappa shape index (κ1) is 23.8. The van der Waals surface area contributed by atoms with E-state index in [0.717, 1.165) is 37.4 Å². The summed E-state index contributed by atoms with van der Waals surface area (Å²) in [7, 11) is 1.11. The average Bonchev–Trinajstić information content (AvgIpc) is 2.72. The third-order valence-corrected chi connectivity index (χ3v) is 5.31. The number of rotatable bonds is 6. The Labute approximate surface area is 182 Å². The van der Waals surface area contributed by atoms with E-state index in [9.17, 15) is 37.0 Å². The molecule has 0 radical (unpaired) electrons. The number of ether oxygens (including phenoxy) is 1. The summed E-state index contributed by atoms with van der Waals surface area (Å²) in [5.41, 5.74) is -5.37. The first-order valence-corrected chi connectivity index (χ1v) is 9.31. The van der Waals surface area contributed by atoms with Crippen LogP contribution in [0.25, 0.3) is 10.9 Å². The summed E-state index contributed by atoms with van der Waals surface area (Å²) < 4.78 is 74.9. The SMILES string of the molecule is COc1ccc(C(Nc2cc(F)cc3[nH]c(=O)ccc23)C(O)(CO)C(F)(F)F)c(Cl)c1F. The molecule has 2 unspecified atom stereocenters. The number of pyridine rings is 1. The summed E-state index contributed by atoms with van der Waals surface area (Å²) in [4.78, 5) is 13.9.